The van der Waals surface area contributed by atoms with Crippen molar-refractivity contribution >= 4 is 10.9 Å². The van der Waals surface area contributed by atoms with Gasteiger partial charge in [0.15, 0.2) is 0 Å². The quantitative estimate of drug-likeness (QED) is 0.438. The van der Waals surface area contributed by atoms with Crippen LogP contribution in [-0.2, 0) is 6.54 Å². The van der Waals surface area contributed by atoms with Crippen LogP contribution in [0.4, 0.5) is 0 Å². The molecule has 4 rings (SSSR count). The standard InChI is InChI=1S/C24H23NO2/c1-3-27-23-11-6-19(7-12-23)20-8-13-24-21(16-20)14-15-25(24)17-18-4-9-22(26-2)10-5-18/h4-16H,3,17H2,1-2H3. The van der Waals surface area contributed by atoms with Crippen LogP contribution >= 0.6 is 0 Å². The number of benzene rings is 3. The zero-order valence-corrected chi connectivity index (χ0v) is 15.7. The van der Waals surface area contributed by atoms with Crippen molar-refractivity contribution in [1.29, 1.82) is 0 Å². The van der Waals surface area contributed by atoms with E-state index in [2.05, 4.69) is 59.3 Å². The lowest BCUT2D eigenvalue weighted by atomic mass is 10.0. The fraction of sp³-hybridized carbons (Fsp3) is 0.167. The Balaban J connectivity index is 1.58. The highest BCUT2D eigenvalue weighted by molar-refractivity contribution is 5.85. The lowest BCUT2D eigenvalue weighted by Crippen LogP contribution is -1.97. The molecule has 0 spiro atoms. The van der Waals surface area contributed by atoms with E-state index in [4.69, 9.17) is 9.47 Å². The Kier molecular flexibility index (Phi) is 4.84. The molecule has 0 N–H and O–H groups in total. The fourth-order valence-electron chi connectivity index (χ4n) is 3.36. The second-order valence-electron chi connectivity index (χ2n) is 6.52. The van der Waals surface area contributed by atoms with Crippen LogP contribution in [0.15, 0.2) is 79.0 Å². The minimum Gasteiger partial charge on any atom is -0.497 e. The molecule has 3 aromatic carbocycles. The predicted molar refractivity (Wildman–Crippen MR) is 111 cm³/mol. The minimum absolute atomic E-state index is 0.688. The summed E-state index contributed by atoms with van der Waals surface area (Å²) in [6, 6.07) is 25.3. The Bertz CT molecular complexity index is 1030. The normalized spacial score (nSPS) is 10.9. The lowest BCUT2D eigenvalue weighted by molar-refractivity contribution is 0.340. The van der Waals surface area contributed by atoms with Gasteiger partial charge in [-0.1, -0.05) is 30.3 Å². The van der Waals surface area contributed by atoms with Crippen molar-refractivity contribution in [2.24, 2.45) is 0 Å². The second-order valence-corrected chi connectivity index (χ2v) is 6.52. The first-order valence-electron chi connectivity index (χ1n) is 9.22. The Hall–Kier alpha value is -3.20. The van der Waals surface area contributed by atoms with E-state index in [9.17, 15) is 0 Å². The van der Waals surface area contributed by atoms with E-state index in [1.165, 1.54) is 27.6 Å². The van der Waals surface area contributed by atoms with Crippen LogP contribution in [-0.4, -0.2) is 18.3 Å². The molecule has 1 aromatic heterocycles. The highest BCUT2D eigenvalue weighted by Gasteiger charge is 2.05. The summed E-state index contributed by atoms with van der Waals surface area (Å²) in [5.41, 5.74) is 4.90. The highest BCUT2D eigenvalue weighted by atomic mass is 16.5. The zero-order chi connectivity index (χ0) is 18.6. The summed E-state index contributed by atoms with van der Waals surface area (Å²) in [5.74, 6) is 1.80. The van der Waals surface area contributed by atoms with Gasteiger partial charge in [-0.2, -0.15) is 0 Å². The number of ether oxygens (including phenoxy) is 2. The Morgan fingerprint density at radius 1 is 0.778 bits per heavy atom. The van der Waals surface area contributed by atoms with Gasteiger partial charge in [0.1, 0.15) is 11.5 Å². The summed E-state index contributed by atoms with van der Waals surface area (Å²) in [5, 5.41) is 1.25. The van der Waals surface area contributed by atoms with Gasteiger partial charge in [-0.05, 0) is 66.1 Å². The Morgan fingerprint density at radius 2 is 1.48 bits per heavy atom. The molecule has 0 amide bonds. The maximum Gasteiger partial charge on any atom is 0.119 e. The number of aromatic nitrogens is 1. The lowest BCUT2D eigenvalue weighted by Gasteiger charge is -2.08. The summed E-state index contributed by atoms with van der Waals surface area (Å²) in [4.78, 5) is 0. The van der Waals surface area contributed by atoms with Crippen LogP contribution in [0.5, 0.6) is 11.5 Å². The van der Waals surface area contributed by atoms with Crippen LogP contribution in [0.25, 0.3) is 22.0 Å². The van der Waals surface area contributed by atoms with Gasteiger partial charge in [0.05, 0.1) is 13.7 Å². The van der Waals surface area contributed by atoms with Gasteiger partial charge in [-0.15, -0.1) is 0 Å². The summed E-state index contributed by atoms with van der Waals surface area (Å²) >= 11 is 0. The van der Waals surface area contributed by atoms with E-state index >= 15 is 0 Å². The third kappa shape index (κ3) is 3.68. The van der Waals surface area contributed by atoms with Crippen LogP contribution in [0.1, 0.15) is 12.5 Å². The van der Waals surface area contributed by atoms with Crippen molar-refractivity contribution in [1.82, 2.24) is 4.57 Å². The molecule has 136 valence electrons. The molecular formula is C24H23NO2. The van der Waals surface area contributed by atoms with E-state index in [1.807, 2.05) is 31.2 Å². The third-order valence-electron chi connectivity index (χ3n) is 4.78. The third-order valence-corrected chi connectivity index (χ3v) is 4.78. The van der Waals surface area contributed by atoms with Crippen molar-refractivity contribution in [2.45, 2.75) is 13.5 Å². The molecule has 0 fully saturated rings. The maximum absolute atomic E-state index is 5.53. The molecule has 1 heterocycles. The fourth-order valence-corrected chi connectivity index (χ4v) is 3.36. The number of hydrogen-bond acceptors (Lipinski definition) is 2. The smallest absolute Gasteiger partial charge is 0.119 e. The SMILES string of the molecule is CCOc1ccc(-c2ccc3c(ccn3Cc3ccc(OC)cc3)c2)cc1. The van der Waals surface area contributed by atoms with Gasteiger partial charge in [0, 0.05) is 23.6 Å². The van der Waals surface area contributed by atoms with Crippen molar-refractivity contribution in [2.75, 3.05) is 13.7 Å². The molecule has 3 nitrogen and oxygen atoms in total. The number of rotatable bonds is 6. The molecule has 0 saturated carbocycles. The highest BCUT2D eigenvalue weighted by Crippen LogP contribution is 2.27. The van der Waals surface area contributed by atoms with Gasteiger partial charge < -0.3 is 14.0 Å². The molecule has 0 radical (unpaired) electrons. The average molecular weight is 357 g/mol. The van der Waals surface area contributed by atoms with E-state index in [1.54, 1.807) is 7.11 Å². The van der Waals surface area contributed by atoms with Gasteiger partial charge in [0.25, 0.3) is 0 Å². The molecule has 27 heavy (non-hydrogen) atoms. The number of hydrogen-bond donors (Lipinski definition) is 0. The van der Waals surface area contributed by atoms with Gasteiger partial charge in [-0.3, -0.25) is 0 Å². The summed E-state index contributed by atoms with van der Waals surface area (Å²) in [6.07, 6.45) is 2.15. The molecule has 4 aromatic rings. The van der Waals surface area contributed by atoms with E-state index in [0.717, 1.165) is 18.0 Å². The molecule has 0 atom stereocenters. The van der Waals surface area contributed by atoms with E-state index in [-0.39, 0.29) is 0 Å². The summed E-state index contributed by atoms with van der Waals surface area (Å²) in [7, 11) is 1.69. The molecule has 0 bridgehead atoms. The molecule has 0 aliphatic heterocycles. The van der Waals surface area contributed by atoms with Gasteiger partial charge >= 0.3 is 0 Å². The zero-order valence-electron chi connectivity index (χ0n) is 15.7. The molecule has 0 aliphatic carbocycles. The molecular weight excluding hydrogens is 334 g/mol. The van der Waals surface area contributed by atoms with Gasteiger partial charge in [0.2, 0.25) is 0 Å². The van der Waals surface area contributed by atoms with E-state index < -0.39 is 0 Å². The molecule has 0 aliphatic rings. The molecule has 0 unspecified atom stereocenters. The number of nitrogens with zero attached hydrogens (tertiary/aromatic N) is 1. The predicted octanol–water partition coefficient (Wildman–Crippen LogP) is 5.76. The Morgan fingerprint density at radius 3 is 2.19 bits per heavy atom. The van der Waals surface area contributed by atoms with Crippen molar-refractivity contribution in [3.05, 3.63) is 84.6 Å². The topological polar surface area (TPSA) is 23.4 Å². The van der Waals surface area contributed by atoms with Crippen LogP contribution in [0.3, 0.4) is 0 Å². The van der Waals surface area contributed by atoms with Crippen LogP contribution in [0.2, 0.25) is 0 Å². The first-order valence-corrected chi connectivity index (χ1v) is 9.22. The van der Waals surface area contributed by atoms with Crippen LogP contribution in [0, 0.1) is 0 Å². The first-order chi connectivity index (χ1) is 13.3. The van der Waals surface area contributed by atoms with Crippen molar-refractivity contribution in [3.63, 3.8) is 0 Å². The summed E-state index contributed by atoms with van der Waals surface area (Å²) < 4.78 is 13.0. The minimum atomic E-state index is 0.688. The second kappa shape index (κ2) is 7.58. The number of methoxy groups -OCH3 is 1. The molecule has 3 heteroatoms. The summed E-state index contributed by atoms with van der Waals surface area (Å²) in [6.45, 7) is 3.53. The molecule has 0 saturated heterocycles. The Labute approximate surface area is 159 Å². The first kappa shape index (κ1) is 17.2. The van der Waals surface area contributed by atoms with Crippen molar-refractivity contribution < 1.29 is 9.47 Å². The largest absolute Gasteiger partial charge is 0.497 e. The van der Waals surface area contributed by atoms with Crippen LogP contribution < -0.4 is 9.47 Å². The number of fused-ring (bicyclic) bond motifs is 1. The monoisotopic (exact) mass is 357 g/mol. The van der Waals surface area contributed by atoms with E-state index in [0.29, 0.717) is 6.61 Å². The average Bonchev–Trinajstić information content (AvgIpc) is 3.11. The van der Waals surface area contributed by atoms with Crippen molar-refractivity contribution in [3.8, 4) is 22.6 Å². The van der Waals surface area contributed by atoms with Gasteiger partial charge in [-0.25, -0.2) is 0 Å². The maximum atomic E-state index is 5.53.